The summed E-state index contributed by atoms with van der Waals surface area (Å²) in [6.45, 7) is 28.4. The van der Waals surface area contributed by atoms with E-state index in [-0.39, 0.29) is 42.8 Å². The molecule has 0 aliphatic carbocycles. The lowest BCUT2D eigenvalue weighted by Gasteiger charge is -2.55. The number of benzene rings is 3. The van der Waals surface area contributed by atoms with E-state index in [0.29, 0.717) is 25.0 Å². The normalized spacial score (nSPS) is 24.2. The molecule has 7 atom stereocenters. The van der Waals surface area contributed by atoms with Crippen molar-refractivity contribution in [3.05, 3.63) is 95.3 Å². The standard InChI is InChI=1S/C17H19N3O4.C13H17NO2.C7H5FO.C6H13NO.C4H4N2O3.3C2H6/c1-9-8-20-12-6-4-3-5-11(12)7-17(13(20)10(2)24-9)14(21)18-16(23)19-15(17)22;1-10-7-14(8-11(2)16-10)13-6-4-3-5-12(13)9-15;8-7-4-2-1-3-6(7)5-9;1-5-3-7-4-6(2)8-5;7-2-1-3(8)6-4(9)5-2;3*1-2/h3-6,9-10,13H,7-8H2,1-2H3,(H2,18,19,21,22,23);3-6,9-11H,7-8H2,1-2H3;1-5H;5-7H,3-4H2,1-2H3;1H2,(H2,5,6,7,8,9);3*1-2H3/t9-,10+,13-;10-,11+;;5-,6+;;;;/m1......./s1. The van der Waals surface area contributed by atoms with E-state index in [1.54, 1.807) is 12.1 Å². The Labute approximate surface area is 423 Å². The van der Waals surface area contributed by atoms with Gasteiger partial charge in [0, 0.05) is 49.7 Å². The molecule has 0 aromatic heterocycles. The monoisotopic (exact) mass is 1010 g/mol. The van der Waals surface area contributed by atoms with Crippen molar-refractivity contribution < 1.29 is 57.0 Å². The summed E-state index contributed by atoms with van der Waals surface area (Å²) in [5.74, 6) is -2.67. The summed E-state index contributed by atoms with van der Waals surface area (Å²) in [4.78, 5) is 93.2. The number of nitrogens with zero attached hydrogens (tertiary/aromatic N) is 2. The highest BCUT2D eigenvalue weighted by Gasteiger charge is 2.62. The Balaban J connectivity index is 0.000000321. The number of ether oxygens (including phenoxy) is 3. The lowest BCUT2D eigenvalue weighted by atomic mass is 9.66. The quantitative estimate of drug-likeness (QED) is 0.139. The van der Waals surface area contributed by atoms with Gasteiger partial charge in [-0.15, -0.1) is 0 Å². The minimum Gasteiger partial charge on any atom is -0.373 e. The van der Waals surface area contributed by atoms with Gasteiger partial charge in [-0.25, -0.2) is 14.0 Å². The third kappa shape index (κ3) is 17.4. The minimum atomic E-state index is -1.37. The SMILES string of the molecule is CC.CC.CC.C[C@@H]1CN(c2ccccc2C=O)C[C@H](C)O1.C[C@@H]1CN2c3ccccc3CC3(C(=O)NC(=O)NC3=O)[C@H]2[C@H](C)O1.C[C@@H]1CNC[C@H](C)O1.O=C1CC(=O)NC(=O)N1.O=Cc1ccccc1F. The Morgan fingerprint density at radius 2 is 1.00 bits per heavy atom. The van der Waals surface area contributed by atoms with Gasteiger partial charge in [0.25, 0.3) is 0 Å². The van der Waals surface area contributed by atoms with E-state index >= 15 is 0 Å². The number of amides is 8. The van der Waals surface area contributed by atoms with Crippen LogP contribution in [0.2, 0.25) is 0 Å². The number of barbiturate groups is 2. The highest BCUT2D eigenvalue weighted by atomic mass is 19.1. The Hall–Kier alpha value is -6.41. The maximum Gasteiger partial charge on any atom is 0.328 e. The van der Waals surface area contributed by atoms with E-state index in [2.05, 4.69) is 53.4 Å². The van der Waals surface area contributed by atoms with Gasteiger partial charge in [0.15, 0.2) is 18.0 Å². The van der Waals surface area contributed by atoms with Crippen LogP contribution >= 0.6 is 0 Å². The van der Waals surface area contributed by atoms with E-state index in [4.69, 9.17) is 14.2 Å². The van der Waals surface area contributed by atoms with E-state index in [1.165, 1.54) is 12.1 Å². The zero-order valence-electron chi connectivity index (χ0n) is 43.8. The summed E-state index contributed by atoms with van der Waals surface area (Å²) in [6, 6.07) is 19.4. The number of carbonyl (C=O) groups excluding carboxylic acids is 8. The van der Waals surface area contributed by atoms with Crippen LogP contribution in [0.4, 0.5) is 25.4 Å². The molecule has 1 spiro atoms. The van der Waals surface area contributed by atoms with Crippen molar-refractivity contribution in [1.29, 1.82) is 0 Å². The third-order valence-corrected chi connectivity index (χ3v) is 11.2. The number of hydrogen-bond acceptors (Lipinski definition) is 14. The first-order valence-electron chi connectivity index (χ1n) is 24.8. The molecule has 5 saturated heterocycles. The van der Waals surface area contributed by atoms with Crippen LogP contribution in [0.15, 0.2) is 72.8 Å². The van der Waals surface area contributed by atoms with Crippen LogP contribution in [-0.2, 0) is 39.8 Å². The highest BCUT2D eigenvalue weighted by molar-refractivity contribution is 6.20. The number of para-hydroxylation sites is 2. The van der Waals surface area contributed by atoms with Crippen LogP contribution in [-0.4, -0.2) is 124 Å². The first-order chi connectivity index (χ1) is 34.4. The van der Waals surface area contributed by atoms with Crippen LogP contribution in [0.25, 0.3) is 0 Å². The highest BCUT2D eigenvalue weighted by Crippen LogP contribution is 2.46. The van der Waals surface area contributed by atoms with Gasteiger partial charge in [0.1, 0.15) is 12.2 Å². The van der Waals surface area contributed by atoms with Crippen molar-refractivity contribution in [2.75, 3.05) is 42.5 Å². The number of halogens is 1. The molecule has 0 bridgehead atoms. The van der Waals surface area contributed by atoms with Crippen LogP contribution in [0, 0.1) is 11.2 Å². The third-order valence-electron chi connectivity index (χ3n) is 11.2. The number of urea groups is 2. The fourth-order valence-corrected chi connectivity index (χ4v) is 8.70. The number of carbonyl (C=O) groups is 8. The molecule has 9 rings (SSSR count). The van der Waals surface area contributed by atoms with Crippen molar-refractivity contribution in [3.8, 4) is 0 Å². The molecule has 0 unspecified atom stereocenters. The second-order valence-electron chi connectivity index (χ2n) is 16.8. The van der Waals surface area contributed by atoms with Crippen LogP contribution < -0.4 is 36.4 Å². The maximum absolute atomic E-state index is 12.8. The van der Waals surface area contributed by atoms with Gasteiger partial charge >= 0.3 is 12.1 Å². The summed E-state index contributed by atoms with van der Waals surface area (Å²) >= 11 is 0. The van der Waals surface area contributed by atoms with Crippen molar-refractivity contribution >= 4 is 59.6 Å². The summed E-state index contributed by atoms with van der Waals surface area (Å²) in [7, 11) is 0. The smallest absolute Gasteiger partial charge is 0.328 e. The first kappa shape index (κ1) is 61.7. The predicted molar refractivity (Wildman–Crippen MR) is 274 cm³/mol. The average molecular weight is 1010 g/mol. The fourth-order valence-electron chi connectivity index (χ4n) is 8.70. The molecule has 6 aliphatic rings. The molecular weight excluding hydrogens is 930 g/mol. The van der Waals surface area contributed by atoms with Gasteiger partial charge < -0.3 is 29.3 Å². The topological polar surface area (TPSA) is 231 Å². The van der Waals surface area contributed by atoms with E-state index < -0.39 is 53.0 Å². The van der Waals surface area contributed by atoms with Gasteiger partial charge in [-0.05, 0) is 83.9 Å². The minimum absolute atomic E-state index is 0.0178. The predicted octanol–water partition coefficient (Wildman–Crippen LogP) is 6.53. The molecule has 5 fully saturated rings. The second-order valence-corrected chi connectivity index (χ2v) is 16.8. The Kier molecular flexibility index (Phi) is 26.7. The molecule has 8 amide bonds. The van der Waals surface area contributed by atoms with Crippen LogP contribution in [0.5, 0.6) is 0 Å². The molecular formula is C53H76FN7O11. The van der Waals surface area contributed by atoms with Gasteiger partial charge in [-0.2, -0.15) is 0 Å². The van der Waals surface area contributed by atoms with Crippen molar-refractivity contribution in [2.45, 2.75) is 139 Å². The molecule has 0 radical (unpaired) electrons. The molecule has 18 nitrogen and oxygen atoms in total. The molecule has 0 saturated carbocycles. The van der Waals surface area contributed by atoms with Crippen molar-refractivity contribution in [2.24, 2.45) is 5.41 Å². The lowest BCUT2D eigenvalue weighted by Crippen LogP contribution is -2.75. The zero-order valence-corrected chi connectivity index (χ0v) is 43.8. The number of morpholine rings is 3. The molecule has 6 heterocycles. The Morgan fingerprint density at radius 3 is 1.47 bits per heavy atom. The number of hydrogen-bond donors (Lipinski definition) is 5. The molecule has 3 aromatic rings. The number of imide groups is 4. The van der Waals surface area contributed by atoms with E-state index in [1.807, 2.05) is 115 Å². The van der Waals surface area contributed by atoms with E-state index in [9.17, 15) is 42.7 Å². The van der Waals surface area contributed by atoms with Crippen LogP contribution in [0.1, 0.15) is 116 Å². The molecule has 19 heteroatoms. The number of anilines is 2. The molecule has 6 aliphatic heterocycles. The summed E-state index contributed by atoms with van der Waals surface area (Å²) in [5, 5.41) is 11.6. The van der Waals surface area contributed by atoms with Gasteiger partial charge in [-0.3, -0.25) is 50.0 Å². The largest absolute Gasteiger partial charge is 0.373 e. The molecule has 396 valence electrons. The summed E-state index contributed by atoms with van der Waals surface area (Å²) in [5.41, 5.74) is 2.45. The number of rotatable bonds is 3. The molecule has 72 heavy (non-hydrogen) atoms. The Bertz CT molecular complexity index is 2180. The van der Waals surface area contributed by atoms with Gasteiger partial charge in [0.2, 0.25) is 23.6 Å². The average Bonchev–Trinajstić information content (AvgIpc) is 3.35. The lowest BCUT2D eigenvalue weighted by molar-refractivity contribution is -0.153. The number of nitrogens with one attached hydrogen (secondary N) is 5. The molecule has 5 N–H and O–H groups in total. The molecule has 3 aromatic carbocycles. The second kappa shape index (κ2) is 31.1. The van der Waals surface area contributed by atoms with Gasteiger partial charge in [-0.1, -0.05) is 84.0 Å². The number of fused-ring (bicyclic) bond motifs is 4. The zero-order chi connectivity index (χ0) is 54.1. The maximum atomic E-state index is 12.8. The number of aldehydes is 2. The first-order valence-corrected chi connectivity index (χ1v) is 24.8. The Morgan fingerprint density at radius 1 is 0.556 bits per heavy atom. The van der Waals surface area contributed by atoms with E-state index in [0.717, 1.165) is 55.0 Å². The van der Waals surface area contributed by atoms with Gasteiger partial charge in [0.05, 0.1) is 48.2 Å². The van der Waals surface area contributed by atoms with Crippen molar-refractivity contribution in [1.82, 2.24) is 26.6 Å². The fraction of sp³-hybridized carbons (Fsp3) is 0.509. The summed E-state index contributed by atoms with van der Waals surface area (Å²) in [6.07, 6.45) is 2.28. The summed E-state index contributed by atoms with van der Waals surface area (Å²) < 4.78 is 29.4. The van der Waals surface area contributed by atoms with Crippen LogP contribution in [0.3, 0.4) is 0 Å². The van der Waals surface area contributed by atoms with Crippen molar-refractivity contribution in [3.63, 3.8) is 0 Å².